The lowest BCUT2D eigenvalue weighted by atomic mass is 10.0. The molecule has 0 saturated carbocycles. The van der Waals surface area contributed by atoms with Gasteiger partial charge in [-0.05, 0) is 30.2 Å². The van der Waals surface area contributed by atoms with E-state index in [1.165, 1.54) is 19.2 Å². The van der Waals surface area contributed by atoms with Crippen LogP contribution in [0.5, 0.6) is 5.75 Å². The Morgan fingerprint density at radius 2 is 1.95 bits per heavy atom. The number of alkyl halides is 1. The number of hydrogen-bond acceptors (Lipinski definition) is 1. The third-order valence-corrected chi connectivity index (χ3v) is 3.59. The van der Waals surface area contributed by atoms with Crippen molar-refractivity contribution in [1.29, 1.82) is 0 Å². The van der Waals surface area contributed by atoms with E-state index in [-0.39, 0.29) is 12.0 Å². The Labute approximate surface area is 126 Å². The predicted octanol–water partition coefficient (Wildman–Crippen LogP) is 5.15. The third-order valence-electron chi connectivity index (χ3n) is 2.96. The molecule has 0 saturated heterocycles. The molecule has 1 unspecified atom stereocenters. The number of hydrogen-bond donors (Lipinski definition) is 0. The Morgan fingerprint density at radius 3 is 2.65 bits per heavy atom. The first-order chi connectivity index (χ1) is 9.52. The summed E-state index contributed by atoms with van der Waals surface area (Å²) < 4.78 is 32.0. The van der Waals surface area contributed by atoms with Crippen molar-refractivity contribution in [2.24, 2.45) is 0 Å². The van der Waals surface area contributed by atoms with Gasteiger partial charge in [-0.2, -0.15) is 0 Å². The summed E-state index contributed by atoms with van der Waals surface area (Å²) in [5.74, 6) is -1.23. The molecule has 0 aliphatic rings. The second kappa shape index (κ2) is 6.42. The van der Waals surface area contributed by atoms with Crippen LogP contribution in [-0.2, 0) is 6.42 Å². The predicted molar refractivity (Wildman–Crippen MR) is 76.7 cm³/mol. The van der Waals surface area contributed by atoms with Crippen molar-refractivity contribution in [2.45, 2.75) is 11.8 Å². The summed E-state index contributed by atoms with van der Waals surface area (Å²) >= 11 is 12.2. The summed E-state index contributed by atoms with van der Waals surface area (Å²) in [5, 5.41) is -0.0232. The zero-order valence-corrected chi connectivity index (χ0v) is 12.2. The maximum atomic E-state index is 13.6. The average molecular weight is 317 g/mol. The molecule has 0 aliphatic heterocycles. The van der Waals surface area contributed by atoms with E-state index in [1.807, 2.05) is 0 Å². The molecule has 2 rings (SSSR count). The van der Waals surface area contributed by atoms with Crippen molar-refractivity contribution in [2.75, 3.05) is 7.11 Å². The normalized spacial score (nSPS) is 12.2. The molecule has 0 aromatic heterocycles. The number of ether oxygens (including phenoxy) is 1. The van der Waals surface area contributed by atoms with Gasteiger partial charge in [0.25, 0.3) is 0 Å². The standard InChI is InChI=1S/C15H12Cl2F2O/c1-20-14-8-10(16)5-6-11(14)12(17)7-9-3-2-4-13(18)15(9)19/h2-6,8,12H,7H2,1H3. The summed E-state index contributed by atoms with van der Waals surface area (Å²) in [5.41, 5.74) is 0.907. The Bertz CT molecular complexity index is 617. The monoisotopic (exact) mass is 316 g/mol. The minimum absolute atomic E-state index is 0.156. The molecular weight excluding hydrogens is 305 g/mol. The first-order valence-electron chi connectivity index (χ1n) is 5.93. The molecule has 5 heteroatoms. The molecule has 106 valence electrons. The summed E-state index contributed by atoms with van der Waals surface area (Å²) in [6.07, 6.45) is 0.156. The van der Waals surface area contributed by atoms with Crippen molar-refractivity contribution in [3.05, 3.63) is 64.2 Å². The highest BCUT2D eigenvalue weighted by Gasteiger charge is 2.17. The van der Waals surface area contributed by atoms with Crippen LogP contribution in [0, 0.1) is 11.6 Å². The van der Waals surface area contributed by atoms with E-state index in [2.05, 4.69) is 0 Å². The maximum Gasteiger partial charge on any atom is 0.162 e. The summed E-state index contributed by atoms with van der Waals surface area (Å²) in [4.78, 5) is 0. The Balaban J connectivity index is 2.28. The highest BCUT2D eigenvalue weighted by atomic mass is 35.5. The zero-order chi connectivity index (χ0) is 14.7. The lowest BCUT2D eigenvalue weighted by Crippen LogP contribution is -2.02. The van der Waals surface area contributed by atoms with Crippen LogP contribution in [0.2, 0.25) is 5.02 Å². The fraction of sp³-hybridized carbons (Fsp3) is 0.200. The van der Waals surface area contributed by atoms with Crippen LogP contribution in [0.4, 0.5) is 8.78 Å². The van der Waals surface area contributed by atoms with Gasteiger partial charge >= 0.3 is 0 Å². The molecule has 0 radical (unpaired) electrons. The molecule has 20 heavy (non-hydrogen) atoms. The Kier molecular flexibility index (Phi) is 4.84. The topological polar surface area (TPSA) is 9.23 Å². The van der Waals surface area contributed by atoms with Gasteiger partial charge in [-0.25, -0.2) is 8.78 Å². The number of halogens is 4. The molecule has 0 spiro atoms. The van der Waals surface area contributed by atoms with Gasteiger partial charge in [0.15, 0.2) is 11.6 Å². The highest BCUT2D eigenvalue weighted by Crippen LogP contribution is 2.34. The van der Waals surface area contributed by atoms with Crippen molar-refractivity contribution in [3.63, 3.8) is 0 Å². The highest BCUT2D eigenvalue weighted by molar-refractivity contribution is 6.30. The summed E-state index contributed by atoms with van der Waals surface area (Å²) in [6, 6.07) is 9.07. The van der Waals surface area contributed by atoms with E-state index in [4.69, 9.17) is 27.9 Å². The molecule has 0 N–H and O–H groups in total. The van der Waals surface area contributed by atoms with Crippen LogP contribution in [0.3, 0.4) is 0 Å². The fourth-order valence-corrected chi connectivity index (χ4v) is 2.46. The van der Waals surface area contributed by atoms with Crippen LogP contribution < -0.4 is 4.74 Å². The summed E-state index contributed by atoms with van der Waals surface area (Å²) in [7, 11) is 1.50. The van der Waals surface area contributed by atoms with Crippen LogP contribution in [0.15, 0.2) is 36.4 Å². The molecular formula is C15H12Cl2F2O. The van der Waals surface area contributed by atoms with E-state index >= 15 is 0 Å². The van der Waals surface area contributed by atoms with E-state index in [1.54, 1.807) is 18.2 Å². The molecule has 0 aliphatic carbocycles. The van der Waals surface area contributed by atoms with Gasteiger partial charge in [-0.3, -0.25) is 0 Å². The quantitative estimate of drug-likeness (QED) is 0.709. The molecule has 0 heterocycles. The molecule has 2 aromatic carbocycles. The second-order valence-electron chi connectivity index (χ2n) is 4.27. The van der Waals surface area contributed by atoms with Crippen molar-refractivity contribution >= 4 is 23.2 Å². The molecule has 0 fully saturated rings. The lowest BCUT2D eigenvalue weighted by Gasteiger charge is -2.15. The van der Waals surface area contributed by atoms with Gasteiger partial charge in [0.05, 0.1) is 12.5 Å². The fourth-order valence-electron chi connectivity index (χ4n) is 1.95. The van der Waals surface area contributed by atoms with Crippen LogP contribution in [-0.4, -0.2) is 7.11 Å². The first kappa shape index (κ1) is 15.1. The van der Waals surface area contributed by atoms with Gasteiger partial charge in [0.1, 0.15) is 5.75 Å². The Hall–Kier alpha value is -1.32. The van der Waals surface area contributed by atoms with Gasteiger partial charge in [-0.15, -0.1) is 11.6 Å². The molecule has 0 amide bonds. The molecule has 1 atom stereocenters. The van der Waals surface area contributed by atoms with Gasteiger partial charge in [0.2, 0.25) is 0 Å². The number of benzene rings is 2. The minimum atomic E-state index is -0.880. The van der Waals surface area contributed by atoms with E-state index in [0.717, 1.165) is 6.07 Å². The SMILES string of the molecule is COc1cc(Cl)ccc1C(Cl)Cc1cccc(F)c1F. The van der Waals surface area contributed by atoms with Crippen molar-refractivity contribution in [1.82, 2.24) is 0 Å². The number of rotatable bonds is 4. The molecule has 2 aromatic rings. The van der Waals surface area contributed by atoms with Gasteiger partial charge in [-0.1, -0.05) is 29.8 Å². The minimum Gasteiger partial charge on any atom is -0.496 e. The van der Waals surface area contributed by atoms with Crippen molar-refractivity contribution < 1.29 is 13.5 Å². The second-order valence-corrected chi connectivity index (χ2v) is 5.23. The van der Waals surface area contributed by atoms with E-state index < -0.39 is 17.0 Å². The lowest BCUT2D eigenvalue weighted by molar-refractivity contribution is 0.409. The van der Waals surface area contributed by atoms with Crippen LogP contribution >= 0.6 is 23.2 Å². The Morgan fingerprint density at radius 1 is 1.20 bits per heavy atom. The van der Waals surface area contributed by atoms with E-state index in [0.29, 0.717) is 16.3 Å². The number of methoxy groups -OCH3 is 1. The van der Waals surface area contributed by atoms with Crippen LogP contribution in [0.25, 0.3) is 0 Å². The summed E-state index contributed by atoms with van der Waals surface area (Å²) in [6.45, 7) is 0. The van der Waals surface area contributed by atoms with Gasteiger partial charge in [0, 0.05) is 10.6 Å². The smallest absolute Gasteiger partial charge is 0.162 e. The zero-order valence-electron chi connectivity index (χ0n) is 10.7. The third kappa shape index (κ3) is 3.22. The van der Waals surface area contributed by atoms with Gasteiger partial charge < -0.3 is 4.74 Å². The molecule has 1 nitrogen and oxygen atoms in total. The largest absolute Gasteiger partial charge is 0.496 e. The molecule has 0 bridgehead atoms. The van der Waals surface area contributed by atoms with Crippen molar-refractivity contribution in [3.8, 4) is 5.75 Å². The first-order valence-corrected chi connectivity index (χ1v) is 6.74. The van der Waals surface area contributed by atoms with Crippen LogP contribution in [0.1, 0.15) is 16.5 Å². The van der Waals surface area contributed by atoms with E-state index in [9.17, 15) is 8.78 Å². The average Bonchev–Trinajstić information content (AvgIpc) is 2.43. The maximum absolute atomic E-state index is 13.6.